The second kappa shape index (κ2) is 9.10. The van der Waals surface area contributed by atoms with Crippen LogP contribution in [-0.4, -0.2) is 11.9 Å². The summed E-state index contributed by atoms with van der Waals surface area (Å²) in [4.78, 5) is 13.9. The number of carbonyl (C=O) groups excluding carboxylic acids is 1. The van der Waals surface area contributed by atoms with Gasteiger partial charge in [-0.05, 0) is 70.0 Å². The average Bonchev–Trinajstić information content (AvgIpc) is 3.14. The SMILES string of the molecule is Cc1ccc(C[NH+](Cc2ccc(C(=O)Nc3ccc(C)c(C)c3)o2)C(C)C)cc1. The maximum atomic E-state index is 12.6. The second-order valence-corrected chi connectivity index (χ2v) is 8.17. The molecule has 1 unspecified atom stereocenters. The fraction of sp³-hybridized carbons (Fsp3) is 0.320. The summed E-state index contributed by atoms with van der Waals surface area (Å²) in [5.41, 5.74) is 5.71. The molecule has 0 aliphatic rings. The number of furan rings is 1. The number of quaternary nitrogens is 1. The molecule has 0 aliphatic heterocycles. The van der Waals surface area contributed by atoms with E-state index in [1.54, 1.807) is 6.07 Å². The first-order valence-electron chi connectivity index (χ1n) is 10.2. The predicted molar refractivity (Wildman–Crippen MR) is 117 cm³/mol. The van der Waals surface area contributed by atoms with Crippen molar-refractivity contribution in [2.75, 3.05) is 5.32 Å². The third kappa shape index (κ3) is 5.58. The molecule has 0 bridgehead atoms. The Kier molecular flexibility index (Phi) is 6.55. The maximum absolute atomic E-state index is 12.6. The van der Waals surface area contributed by atoms with Crippen molar-refractivity contribution in [2.24, 2.45) is 0 Å². The van der Waals surface area contributed by atoms with Crippen molar-refractivity contribution in [2.45, 2.75) is 53.8 Å². The highest BCUT2D eigenvalue weighted by Gasteiger charge is 2.19. The third-order valence-corrected chi connectivity index (χ3v) is 5.42. The first kappa shape index (κ1) is 20.9. The van der Waals surface area contributed by atoms with Gasteiger partial charge >= 0.3 is 0 Å². The zero-order chi connectivity index (χ0) is 21.0. The fourth-order valence-electron chi connectivity index (χ4n) is 3.27. The number of anilines is 1. The van der Waals surface area contributed by atoms with Gasteiger partial charge in [-0.25, -0.2) is 0 Å². The van der Waals surface area contributed by atoms with Gasteiger partial charge in [0.1, 0.15) is 13.1 Å². The van der Waals surface area contributed by atoms with E-state index in [2.05, 4.69) is 57.3 Å². The molecular weight excluding hydrogens is 360 g/mol. The van der Waals surface area contributed by atoms with Crippen molar-refractivity contribution in [3.05, 3.63) is 88.4 Å². The topological polar surface area (TPSA) is 46.7 Å². The Labute approximate surface area is 173 Å². The lowest BCUT2D eigenvalue weighted by atomic mass is 10.1. The molecule has 1 heterocycles. The maximum Gasteiger partial charge on any atom is 0.291 e. The van der Waals surface area contributed by atoms with Gasteiger partial charge in [0.2, 0.25) is 0 Å². The number of rotatable bonds is 7. The molecule has 3 rings (SSSR count). The van der Waals surface area contributed by atoms with E-state index in [-0.39, 0.29) is 5.91 Å². The zero-order valence-electron chi connectivity index (χ0n) is 18.0. The van der Waals surface area contributed by atoms with E-state index < -0.39 is 0 Å². The molecule has 1 aromatic heterocycles. The summed E-state index contributed by atoms with van der Waals surface area (Å²) in [6, 6.07) is 18.7. The van der Waals surface area contributed by atoms with Crippen molar-refractivity contribution in [3.8, 4) is 0 Å². The molecule has 2 aromatic carbocycles. The Morgan fingerprint density at radius 3 is 2.31 bits per heavy atom. The molecular formula is C25H31N2O2+. The monoisotopic (exact) mass is 391 g/mol. The highest BCUT2D eigenvalue weighted by molar-refractivity contribution is 6.02. The Bertz CT molecular complexity index is 971. The Balaban J connectivity index is 1.66. The predicted octanol–water partition coefficient (Wildman–Crippen LogP) is 4.45. The van der Waals surface area contributed by atoms with E-state index in [9.17, 15) is 4.79 Å². The van der Waals surface area contributed by atoms with E-state index in [0.29, 0.717) is 11.8 Å². The molecule has 0 fully saturated rings. The quantitative estimate of drug-likeness (QED) is 0.625. The number of amides is 1. The van der Waals surface area contributed by atoms with Gasteiger partial charge < -0.3 is 14.6 Å². The van der Waals surface area contributed by atoms with E-state index in [1.807, 2.05) is 31.2 Å². The minimum atomic E-state index is -0.218. The number of hydrogen-bond donors (Lipinski definition) is 2. The van der Waals surface area contributed by atoms with Crippen molar-refractivity contribution < 1.29 is 14.1 Å². The van der Waals surface area contributed by atoms with Gasteiger partial charge in [0.25, 0.3) is 5.91 Å². The standard InChI is InChI=1S/C25H30N2O2/c1-17(2)27(15-21-9-6-18(3)7-10-21)16-23-12-13-24(29-23)25(28)26-22-11-8-19(4)20(5)14-22/h6-14,17H,15-16H2,1-5H3,(H,26,28)/p+1. The van der Waals surface area contributed by atoms with E-state index in [0.717, 1.165) is 30.1 Å². The number of hydrogen-bond acceptors (Lipinski definition) is 2. The van der Waals surface area contributed by atoms with Crippen LogP contribution in [0, 0.1) is 20.8 Å². The van der Waals surface area contributed by atoms with Crippen LogP contribution >= 0.6 is 0 Å². The summed E-state index contributed by atoms with van der Waals surface area (Å²) in [6.45, 7) is 12.3. The first-order valence-corrected chi connectivity index (χ1v) is 10.2. The van der Waals surface area contributed by atoms with Crippen LogP contribution in [0.3, 0.4) is 0 Å². The van der Waals surface area contributed by atoms with Gasteiger partial charge in [-0.2, -0.15) is 0 Å². The summed E-state index contributed by atoms with van der Waals surface area (Å²) in [5, 5.41) is 2.92. The van der Waals surface area contributed by atoms with E-state index in [1.165, 1.54) is 21.6 Å². The molecule has 4 nitrogen and oxygen atoms in total. The molecule has 4 heteroatoms. The minimum Gasteiger partial charge on any atom is -0.450 e. The molecule has 1 atom stereocenters. The van der Waals surface area contributed by atoms with Crippen LogP contribution in [0.2, 0.25) is 0 Å². The van der Waals surface area contributed by atoms with Crippen LogP contribution in [0.15, 0.2) is 59.0 Å². The first-order chi connectivity index (χ1) is 13.8. The lowest BCUT2D eigenvalue weighted by Gasteiger charge is -2.22. The van der Waals surface area contributed by atoms with Gasteiger partial charge in [0.05, 0.1) is 6.04 Å². The van der Waals surface area contributed by atoms with Crippen molar-refractivity contribution in [1.82, 2.24) is 0 Å². The highest BCUT2D eigenvalue weighted by atomic mass is 16.4. The Morgan fingerprint density at radius 1 is 0.931 bits per heavy atom. The van der Waals surface area contributed by atoms with E-state index in [4.69, 9.17) is 4.42 Å². The minimum absolute atomic E-state index is 0.218. The molecule has 2 N–H and O–H groups in total. The van der Waals surface area contributed by atoms with Crippen LogP contribution in [0.4, 0.5) is 5.69 Å². The van der Waals surface area contributed by atoms with Gasteiger partial charge in [0.15, 0.2) is 11.5 Å². The second-order valence-electron chi connectivity index (χ2n) is 8.17. The van der Waals surface area contributed by atoms with Crippen LogP contribution in [0.5, 0.6) is 0 Å². The number of carbonyl (C=O) groups is 1. The number of benzene rings is 2. The molecule has 0 aliphatic carbocycles. The Hall–Kier alpha value is -2.85. The van der Waals surface area contributed by atoms with Crippen LogP contribution in [0.25, 0.3) is 0 Å². The van der Waals surface area contributed by atoms with E-state index >= 15 is 0 Å². The molecule has 1 amide bonds. The van der Waals surface area contributed by atoms with Gasteiger partial charge in [0, 0.05) is 11.3 Å². The third-order valence-electron chi connectivity index (χ3n) is 5.42. The molecule has 3 aromatic rings. The molecule has 0 saturated carbocycles. The summed E-state index contributed by atoms with van der Waals surface area (Å²) >= 11 is 0. The average molecular weight is 392 g/mol. The van der Waals surface area contributed by atoms with Crippen molar-refractivity contribution >= 4 is 11.6 Å². The van der Waals surface area contributed by atoms with Gasteiger partial charge in [-0.15, -0.1) is 0 Å². The molecule has 0 radical (unpaired) electrons. The van der Waals surface area contributed by atoms with Crippen molar-refractivity contribution in [1.29, 1.82) is 0 Å². The number of aryl methyl sites for hydroxylation is 3. The van der Waals surface area contributed by atoms with Crippen LogP contribution in [0.1, 0.15) is 52.4 Å². The molecule has 29 heavy (non-hydrogen) atoms. The largest absolute Gasteiger partial charge is 0.450 e. The normalized spacial score (nSPS) is 12.2. The Morgan fingerprint density at radius 2 is 1.66 bits per heavy atom. The van der Waals surface area contributed by atoms with Crippen molar-refractivity contribution in [3.63, 3.8) is 0 Å². The zero-order valence-corrected chi connectivity index (χ0v) is 18.0. The lowest BCUT2D eigenvalue weighted by Crippen LogP contribution is -3.12. The van der Waals surface area contributed by atoms with Gasteiger partial charge in [-0.1, -0.05) is 35.9 Å². The van der Waals surface area contributed by atoms with Gasteiger partial charge in [-0.3, -0.25) is 4.79 Å². The van der Waals surface area contributed by atoms with Crippen LogP contribution in [-0.2, 0) is 13.1 Å². The molecule has 152 valence electrons. The lowest BCUT2D eigenvalue weighted by molar-refractivity contribution is -0.949. The smallest absolute Gasteiger partial charge is 0.291 e. The van der Waals surface area contributed by atoms with Crippen LogP contribution < -0.4 is 10.2 Å². The number of nitrogens with one attached hydrogen (secondary N) is 2. The summed E-state index contributed by atoms with van der Waals surface area (Å²) in [6.07, 6.45) is 0. The fourth-order valence-corrected chi connectivity index (χ4v) is 3.27. The molecule has 0 spiro atoms. The summed E-state index contributed by atoms with van der Waals surface area (Å²) in [5.74, 6) is 0.951. The summed E-state index contributed by atoms with van der Waals surface area (Å²) < 4.78 is 5.88. The summed E-state index contributed by atoms with van der Waals surface area (Å²) in [7, 11) is 0. The molecule has 0 saturated heterocycles. The highest BCUT2D eigenvalue weighted by Crippen LogP contribution is 2.16.